The van der Waals surface area contributed by atoms with Gasteiger partial charge in [-0.05, 0) is 40.9 Å². The molecule has 1 aromatic rings. The van der Waals surface area contributed by atoms with Crippen LogP contribution in [0.15, 0.2) is 21.5 Å². The summed E-state index contributed by atoms with van der Waals surface area (Å²) in [5.74, 6) is -0.866. The van der Waals surface area contributed by atoms with Gasteiger partial charge in [-0.15, -0.1) is 0 Å². The third-order valence-electron chi connectivity index (χ3n) is 2.99. The average molecular weight is 353 g/mol. The second-order valence-electron chi connectivity index (χ2n) is 4.47. The van der Waals surface area contributed by atoms with Crippen molar-refractivity contribution >= 4 is 31.6 Å². The average Bonchev–Trinajstić information content (AvgIpc) is 2.33. The SMILES string of the molecule is Nc1cc(Br)c(F)c(S(=O)(=O)N2CCCC(O)C2)c1. The van der Waals surface area contributed by atoms with Crippen LogP contribution in [0, 0.1) is 5.82 Å². The molecule has 1 aliphatic rings. The Kier molecular flexibility index (Phi) is 4.14. The number of hydrogen-bond donors (Lipinski definition) is 2. The van der Waals surface area contributed by atoms with Crippen molar-refractivity contribution in [2.45, 2.75) is 23.8 Å². The van der Waals surface area contributed by atoms with Crippen LogP contribution in [0.1, 0.15) is 12.8 Å². The molecule has 0 aromatic heterocycles. The van der Waals surface area contributed by atoms with E-state index in [-0.39, 0.29) is 23.2 Å². The Morgan fingerprint density at radius 3 is 2.79 bits per heavy atom. The van der Waals surface area contributed by atoms with E-state index in [4.69, 9.17) is 5.73 Å². The summed E-state index contributed by atoms with van der Waals surface area (Å²) in [5.41, 5.74) is 5.71. The summed E-state index contributed by atoms with van der Waals surface area (Å²) in [6.45, 7) is 0.249. The highest BCUT2D eigenvalue weighted by atomic mass is 79.9. The van der Waals surface area contributed by atoms with Crippen molar-refractivity contribution in [3.05, 3.63) is 22.4 Å². The second-order valence-corrected chi connectivity index (χ2v) is 7.23. The van der Waals surface area contributed by atoms with E-state index >= 15 is 0 Å². The number of β-amino-alcohol motifs (C(OH)–C–C–N with tert-alkyl or cyclic N) is 1. The van der Waals surface area contributed by atoms with E-state index in [9.17, 15) is 17.9 Å². The van der Waals surface area contributed by atoms with E-state index in [0.717, 1.165) is 10.4 Å². The molecule has 1 atom stereocenters. The number of piperidine rings is 1. The summed E-state index contributed by atoms with van der Waals surface area (Å²) >= 11 is 2.94. The fourth-order valence-electron chi connectivity index (χ4n) is 2.05. The first-order valence-corrected chi connectivity index (χ1v) is 7.98. The minimum atomic E-state index is -3.98. The normalized spacial score (nSPS) is 21.5. The number of anilines is 1. The first kappa shape index (κ1) is 14.7. The Labute approximate surface area is 119 Å². The minimum absolute atomic E-state index is 0.00336. The molecule has 5 nitrogen and oxygen atoms in total. The van der Waals surface area contributed by atoms with Crippen LogP contribution in [-0.4, -0.2) is 37.0 Å². The molecule has 3 N–H and O–H groups in total. The Morgan fingerprint density at radius 1 is 1.47 bits per heavy atom. The summed E-state index contributed by atoms with van der Waals surface area (Å²) in [5, 5.41) is 9.53. The minimum Gasteiger partial charge on any atom is -0.399 e. The molecule has 8 heteroatoms. The summed E-state index contributed by atoms with van der Waals surface area (Å²) in [6.07, 6.45) is 0.386. The maximum Gasteiger partial charge on any atom is 0.246 e. The van der Waals surface area contributed by atoms with Gasteiger partial charge < -0.3 is 10.8 Å². The van der Waals surface area contributed by atoms with Gasteiger partial charge in [-0.2, -0.15) is 4.31 Å². The lowest BCUT2D eigenvalue weighted by Crippen LogP contribution is -2.42. The van der Waals surface area contributed by atoms with E-state index < -0.39 is 26.8 Å². The van der Waals surface area contributed by atoms with Crippen LogP contribution in [0.2, 0.25) is 0 Å². The highest BCUT2D eigenvalue weighted by Crippen LogP contribution is 2.29. The number of sulfonamides is 1. The van der Waals surface area contributed by atoms with Crippen molar-refractivity contribution in [1.29, 1.82) is 0 Å². The number of hydrogen-bond acceptors (Lipinski definition) is 4. The van der Waals surface area contributed by atoms with E-state index in [1.54, 1.807) is 0 Å². The van der Waals surface area contributed by atoms with E-state index in [2.05, 4.69) is 15.9 Å². The zero-order chi connectivity index (χ0) is 14.2. The van der Waals surface area contributed by atoms with Gasteiger partial charge in [0.25, 0.3) is 0 Å². The van der Waals surface area contributed by atoms with Gasteiger partial charge in [0.2, 0.25) is 10.0 Å². The number of aliphatic hydroxyl groups excluding tert-OH is 1. The van der Waals surface area contributed by atoms with Gasteiger partial charge in [-0.3, -0.25) is 0 Å². The van der Waals surface area contributed by atoms with Crippen LogP contribution in [0.25, 0.3) is 0 Å². The summed E-state index contributed by atoms with van der Waals surface area (Å²) in [6, 6.07) is 2.40. The summed E-state index contributed by atoms with van der Waals surface area (Å²) < 4.78 is 39.8. The third kappa shape index (κ3) is 2.91. The summed E-state index contributed by atoms with van der Waals surface area (Å²) in [4.78, 5) is -0.464. The molecular formula is C11H14BrFN2O3S. The molecule has 1 heterocycles. The van der Waals surface area contributed by atoms with Crippen molar-refractivity contribution < 1.29 is 17.9 Å². The fraction of sp³-hybridized carbons (Fsp3) is 0.455. The maximum atomic E-state index is 14.0. The van der Waals surface area contributed by atoms with Crippen LogP contribution >= 0.6 is 15.9 Å². The second kappa shape index (κ2) is 5.35. The molecule has 106 valence electrons. The van der Waals surface area contributed by atoms with Crippen LogP contribution in [-0.2, 0) is 10.0 Å². The lowest BCUT2D eigenvalue weighted by Gasteiger charge is -2.29. The van der Waals surface area contributed by atoms with Crippen LogP contribution < -0.4 is 5.73 Å². The largest absolute Gasteiger partial charge is 0.399 e. The number of nitrogens with two attached hydrogens (primary N) is 1. The van der Waals surface area contributed by atoms with Gasteiger partial charge in [-0.1, -0.05) is 0 Å². The van der Waals surface area contributed by atoms with E-state index in [1.807, 2.05) is 0 Å². The number of nitrogen functional groups attached to an aromatic ring is 1. The monoisotopic (exact) mass is 352 g/mol. The highest BCUT2D eigenvalue weighted by Gasteiger charge is 2.32. The molecule has 1 aromatic carbocycles. The molecule has 0 saturated carbocycles. The van der Waals surface area contributed by atoms with Crippen molar-refractivity contribution in [2.75, 3.05) is 18.8 Å². The first-order chi connectivity index (χ1) is 8.82. The maximum absolute atomic E-state index is 14.0. The Hall–Kier alpha value is -0.700. The van der Waals surface area contributed by atoms with Crippen molar-refractivity contribution in [1.82, 2.24) is 4.31 Å². The number of nitrogens with zero attached hydrogens (tertiary/aromatic N) is 1. The first-order valence-electron chi connectivity index (χ1n) is 5.75. The van der Waals surface area contributed by atoms with Gasteiger partial charge >= 0.3 is 0 Å². The Balaban J connectivity index is 2.45. The van der Waals surface area contributed by atoms with Crippen molar-refractivity contribution in [3.8, 4) is 0 Å². The lowest BCUT2D eigenvalue weighted by molar-refractivity contribution is 0.108. The third-order valence-corrected chi connectivity index (χ3v) is 5.44. The van der Waals surface area contributed by atoms with Gasteiger partial charge in [-0.25, -0.2) is 12.8 Å². The fourth-order valence-corrected chi connectivity index (χ4v) is 4.30. The smallest absolute Gasteiger partial charge is 0.246 e. The standard InChI is InChI=1S/C11H14BrFN2O3S/c12-9-4-7(14)5-10(11(9)13)19(17,18)15-3-1-2-8(16)6-15/h4-5,8,16H,1-3,6,14H2. The Morgan fingerprint density at radius 2 is 2.16 bits per heavy atom. The number of aliphatic hydroxyl groups is 1. The molecule has 0 amide bonds. The molecule has 1 fully saturated rings. The van der Waals surface area contributed by atoms with Crippen molar-refractivity contribution in [3.63, 3.8) is 0 Å². The Bertz CT molecular complexity index is 594. The number of halogens is 2. The van der Waals surface area contributed by atoms with Gasteiger partial charge in [0, 0.05) is 18.8 Å². The molecule has 1 saturated heterocycles. The molecule has 0 radical (unpaired) electrons. The highest BCUT2D eigenvalue weighted by molar-refractivity contribution is 9.10. The van der Waals surface area contributed by atoms with Gasteiger partial charge in [0.15, 0.2) is 5.82 Å². The van der Waals surface area contributed by atoms with Crippen LogP contribution in [0.4, 0.5) is 10.1 Å². The number of benzene rings is 1. The van der Waals surface area contributed by atoms with Crippen LogP contribution in [0.5, 0.6) is 0 Å². The molecule has 1 aliphatic heterocycles. The quantitative estimate of drug-likeness (QED) is 0.786. The zero-order valence-corrected chi connectivity index (χ0v) is 12.4. The topological polar surface area (TPSA) is 83.6 Å². The van der Waals surface area contributed by atoms with E-state index in [0.29, 0.717) is 12.8 Å². The van der Waals surface area contributed by atoms with Crippen molar-refractivity contribution in [2.24, 2.45) is 0 Å². The number of rotatable bonds is 2. The predicted octanol–water partition coefficient (Wildman–Crippen LogP) is 1.32. The molecule has 0 bridgehead atoms. The van der Waals surface area contributed by atoms with Crippen LogP contribution in [0.3, 0.4) is 0 Å². The zero-order valence-electron chi connectivity index (χ0n) is 10.0. The molecule has 19 heavy (non-hydrogen) atoms. The molecule has 0 spiro atoms. The van der Waals surface area contributed by atoms with Gasteiger partial charge in [0.1, 0.15) is 4.90 Å². The molecule has 0 aliphatic carbocycles. The molecule has 1 unspecified atom stereocenters. The molecular weight excluding hydrogens is 339 g/mol. The van der Waals surface area contributed by atoms with Gasteiger partial charge in [0.05, 0.1) is 10.6 Å². The molecule has 2 rings (SSSR count). The predicted molar refractivity (Wildman–Crippen MR) is 72.5 cm³/mol. The lowest BCUT2D eigenvalue weighted by atomic mass is 10.1. The summed E-state index contributed by atoms with van der Waals surface area (Å²) in [7, 11) is -3.98. The van der Waals surface area contributed by atoms with E-state index in [1.165, 1.54) is 6.07 Å².